The van der Waals surface area contributed by atoms with Crippen LogP contribution in [0.1, 0.15) is 15.9 Å². The highest BCUT2D eigenvalue weighted by atomic mass is 19.3. The summed E-state index contributed by atoms with van der Waals surface area (Å²) < 4.78 is 54.8. The minimum absolute atomic E-state index is 0.00341. The fourth-order valence-corrected chi connectivity index (χ4v) is 2.20. The number of carbonyl (C=O) groups excluding carboxylic acids is 2. The molecule has 0 aromatic heterocycles. The van der Waals surface area contributed by atoms with Gasteiger partial charge in [-0.05, 0) is 29.8 Å². The number of alkyl halides is 2. The van der Waals surface area contributed by atoms with Crippen LogP contribution in [0.4, 0.5) is 17.6 Å². The normalized spacial score (nSPS) is 10.6. The molecule has 0 aliphatic heterocycles. The van der Waals surface area contributed by atoms with Gasteiger partial charge in [-0.2, -0.15) is 8.78 Å². The molecule has 0 atom stereocenters. The molecule has 0 saturated carbocycles. The average molecular weight is 384 g/mol. The summed E-state index contributed by atoms with van der Waals surface area (Å²) in [7, 11) is 1.48. The third-order valence-corrected chi connectivity index (χ3v) is 3.57. The van der Waals surface area contributed by atoms with Gasteiger partial charge in [-0.3, -0.25) is 9.59 Å². The van der Waals surface area contributed by atoms with Crippen molar-refractivity contribution in [3.63, 3.8) is 0 Å². The third kappa shape index (κ3) is 5.98. The van der Waals surface area contributed by atoms with Gasteiger partial charge in [-0.1, -0.05) is 12.1 Å². The number of likely N-dealkylation sites (N-methyl/N-ethyl adjacent to an activating group) is 1. The van der Waals surface area contributed by atoms with Crippen molar-refractivity contribution in [2.24, 2.45) is 0 Å². The number of nitrogens with one attached hydrogen (secondary N) is 1. The van der Waals surface area contributed by atoms with Crippen LogP contribution < -0.4 is 10.1 Å². The van der Waals surface area contributed by atoms with Gasteiger partial charge in [0.15, 0.2) is 0 Å². The molecular weight excluding hydrogens is 368 g/mol. The Balaban J connectivity index is 1.87. The van der Waals surface area contributed by atoms with E-state index in [2.05, 4.69) is 10.1 Å². The standard InChI is InChI=1S/C18H16F4N2O3/c1-24(10-11-2-5-13(6-3-11)27-18(21)22)16(25)9-23-17(26)14-7-4-12(19)8-15(14)20/h2-8,18H,9-10H2,1H3,(H,23,26). The maximum atomic E-state index is 13.5. The molecule has 2 rings (SSSR count). The van der Waals surface area contributed by atoms with E-state index in [0.717, 1.165) is 12.1 Å². The van der Waals surface area contributed by atoms with E-state index in [1.54, 1.807) is 0 Å². The monoisotopic (exact) mass is 384 g/mol. The Morgan fingerprint density at radius 3 is 2.37 bits per heavy atom. The summed E-state index contributed by atoms with van der Waals surface area (Å²) in [5.41, 5.74) is 0.282. The van der Waals surface area contributed by atoms with Crippen LogP contribution in [0.15, 0.2) is 42.5 Å². The van der Waals surface area contributed by atoms with E-state index >= 15 is 0 Å². The second kappa shape index (κ2) is 9.02. The Labute approximate surface area is 152 Å². The predicted molar refractivity (Wildman–Crippen MR) is 88.2 cm³/mol. The maximum absolute atomic E-state index is 13.5. The fraction of sp³-hybridized carbons (Fsp3) is 0.222. The van der Waals surface area contributed by atoms with Crippen LogP contribution in [0, 0.1) is 11.6 Å². The summed E-state index contributed by atoms with van der Waals surface area (Å²) in [6.07, 6.45) is 0. The van der Waals surface area contributed by atoms with Crippen LogP contribution in [-0.4, -0.2) is 36.9 Å². The molecule has 144 valence electrons. The van der Waals surface area contributed by atoms with Crippen LogP contribution in [0.2, 0.25) is 0 Å². The lowest BCUT2D eigenvalue weighted by Gasteiger charge is -2.18. The Morgan fingerprint density at radius 1 is 1.11 bits per heavy atom. The van der Waals surface area contributed by atoms with Crippen molar-refractivity contribution < 1.29 is 31.9 Å². The summed E-state index contributed by atoms with van der Waals surface area (Å²) in [6, 6.07) is 8.23. The van der Waals surface area contributed by atoms with E-state index in [4.69, 9.17) is 0 Å². The van der Waals surface area contributed by atoms with E-state index in [-0.39, 0.29) is 17.9 Å². The molecule has 2 aromatic rings. The SMILES string of the molecule is CN(Cc1ccc(OC(F)F)cc1)C(=O)CNC(=O)c1ccc(F)cc1F. The van der Waals surface area contributed by atoms with E-state index in [1.165, 1.54) is 36.2 Å². The Hall–Kier alpha value is -3.10. The van der Waals surface area contributed by atoms with Gasteiger partial charge in [0.05, 0.1) is 12.1 Å². The lowest BCUT2D eigenvalue weighted by molar-refractivity contribution is -0.129. The van der Waals surface area contributed by atoms with Crippen molar-refractivity contribution in [2.45, 2.75) is 13.2 Å². The molecule has 2 amide bonds. The van der Waals surface area contributed by atoms with E-state index in [0.29, 0.717) is 11.6 Å². The minimum atomic E-state index is -2.92. The number of hydrogen-bond acceptors (Lipinski definition) is 3. The molecule has 1 N–H and O–H groups in total. The van der Waals surface area contributed by atoms with Gasteiger partial charge in [0.2, 0.25) is 5.91 Å². The Kier molecular flexibility index (Phi) is 6.75. The quantitative estimate of drug-likeness (QED) is 0.747. The highest BCUT2D eigenvalue weighted by Crippen LogP contribution is 2.15. The Bertz CT molecular complexity index is 813. The maximum Gasteiger partial charge on any atom is 0.387 e. The largest absolute Gasteiger partial charge is 0.435 e. The van der Waals surface area contributed by atoms with Gasteiger partial charge in [-0.25, -0.2) is 8.78 Å². The number of carbonyl (C=O) groups is 2. The predicted octanol–water partition coefficient (Wildman–Crippen LogP) is 2.95. The number of hydrogen-bond donors (Lipinski definition) is 1. The average Bonchev–Trinajstić information content (AvgIpc) is 2.60. The summed E-state index contributed by atoms with van der Waals surface area (Å²) in [5, 5.41) is 2.26. The third-order valence-electron chi connectivity index (χ3n) is 3.57. The first-order chi connectivity index (χ1) is 12.8. The molecule has 0 heterocycles. The van der Waals surface area contributed by atoms with Crippen LogP contribution in [0.3, 0.4) is 0 Å². The van der Waals surface area contributed by atoms with E-state index < -0.39 is 36.6 Å². The lowest BCUT2D eigenvalue weighted by atomic mass is 10.2. The molecule has 2 aromatic carbocycles. The Morgan fingerprint density at radius 2 is 1.78 bits per heavy atom. The lowest BCUT2D eigenvalue weighted by Crippen LogP contribution is -2.38. The number of nitrogens with zero attached hydrogens (tertiary/aromatic N) is 1. The van der Waals surface area contributed by atoms with Crippen molar-refractivity contribution in [3.05, 3.63) is 65.2 Å². The number of ether oxygens (including phenoxy) is 1. The van der Waals surface area contributed by atoms with Crippen molar-refractivity contribution in [1.29, 1.82) is 0 Å². The van der Waals surface area contributed by atoms with E-state index in [1.807, 2.05) is 0 Å². The molecule has 0 aliphatic carbocycles. The minimum Gasteiger partial charge on any atom is -0.435 e. The van der Waals surface area contributed by atoms with E-state index in [9.17, 15) is 27.2 Å². The summed E-state index contributed by atoms with van der Waals surface area (Å²) in [4.78, 5) is 25.2. The van der Waals surface area contributed by atoms with Crippen molar-refractivity contribution in [2.75, 3.05) is 13.6 Å². The summed E-state index contributed by atoms with van der Waals surface area (Å²) in [5.74, 6) is -3.15. The van der Waals surface area contributed by atoms with Crippen LogP contribution >= 0.6 is 0 Å². The van der Waals surface area contributed by atoms with Crippen LogP contribution in [0.5, 0.6) is 5.75 Å². The second-order valence-corrected chi connectivity index (χ2v) is 5.58. The molecule has 27 heavy (non-hydrogen) atoms. The van der Waals surface area contributed by atoms with Crippen molar-refractivity contribution >= 4 is 11.8 Å². The number of halogens is 4. The number of rotatable bonds is 7. The van der Waals surface area contributed by atoms with Gasteiger partial charge >= 0.3 is 6.61 Å². The van der Waals surface area contributed by atoms with Gasteiger partial charge in [0.1, 0.15) is 17.4 Å². The zero-order chi connectivity index (χ0) is 20.0. The topological polar surface area (TPSA) is 58.6 Å². The molecule has 0 saturated heterocycles. The molecular formula is C18H16F4N2O3. The van der Waals surface area contributed by atoms with Crippen LogP contribution in [0.25, 0.3) is 0 Å². The highest BCUT2D eigenvalue weighted by Gasteiger charge is 2.15. The fourth-order valence-electron chi connectivity index (χ4n) is 2.20. The van der Waals surface area contributed by atoms with Crippen molar-refractivity contribution in [1.82, 2.24) is 10.2 Å². The van der Waals surface area contributed by atoms with Gasteiger partial charge in [0.25, 0.3) is 5.91 Å². The smallest absolute Gasteiger partial charge is 0.387 e. The van der Waals surface area contributed by atoms with Crippen molar-refractivity contribution in [3.8, 4) is 5.75 Å². The first kappa shape index (κ1) is 20.2. The molecule has 0 radical (unpaired) electrons. The number of amides is 2. The molecule has 0 aliphatic rings. The highest BCUT2D eigenvalue weighted by molar-refractivity contribution is 5.96. The molecule has 0 bridgehead atoms. The van der Waals surface area contributed by atoms with Crippen LogP contribution in [-0.2, 0) is 11.3 Å². The first-order valence-electron chi connectivity index (χ1n) is 7.77. The summed E-state index contributed by atoms with van der Waals surface area (Å²) >= 11 is 0. The summed E-state index contributed by atoms with van der Waals surface area (Å²) in [6.45, 7) is -3.15. The molecule has 0 fully saturated rings. The molecule has 0 spiro atoms. The second-order valence-electron chi connectivity index (χ2n) is 5.58. The molecule has 9 heteroatoms. The zero-order valence-corrected chi connectivity index (χ0v) is 14.2. The first-order valence-corrected chi connectivity index (χ1v) is 7.77. The zero-order valence-electron chi connectivity index (χ0n) is 14.2. The van der Waals surface area contributed by atoms with Gasteiger partial charge < -0.3 is 15.0 Å². The number of benzene rings is 2. The van der Waals surface area contributed by atoms with Gasteiger partial charge in [-0.15, -0.1) is 0 Å². The van der Waals surface area contributed by atoms with Gasteiger partial charge in [0, 0.05) is 19.7 Å². The molecule has 5 nitrogen and oxygen atoms in total. The molecule has 0 unspecified atom stereocenters.